The maximum atomic E-state index is 14.1. The second-order valence-corrected chi connectivity index (χ2v) is 4.91. The van der Waals surface area contributed by atoms with E-state index in [0.717, 1.165) is 0 Å². The van der Waals surface area contributed by atoms with Crippen LogP contribution in [0.1, 0.15) is 11.1 Å². The van der Waals surface area contributed by atoms with Gasteiger partial charge in [0.25, 0.3) is 0 Å². The van der Waals surface area contributed by atoms with Crippen molar-refractivity contribution in [1.29, 1.82) is 0 Å². The van der Waals surface area contributed by atoms with E-state index in [-0.39, 0.29) is 17.4 Å². The van der Waals surface area contributed by atoms with Crippen LogP contribution in [-0.4, -0.2) is 24.5 Å². The van der Waals surface area contributed by atoms with Crippen molar-refractivity contribution in [1.82, 2.24) is 19.5 Å². The Morgan fingerprint density at radius 2 is 2.10 bits per heavy atom. The first kappa shape index (κ1) is 13.4. The smallest absolute Gasteiger partial charge is 0.165 e. The highest BCUT2D eigenvalue weighted by Gasteiger charge is 2.11. The van der Waals surface area contributed by atoms with Crippen molar-refractivity contribution < 1.29 is 4.39 Å². The molecule has 4 N–H and O–H groups in total. The standard InChI is InChI=1S/C13H11FN6S/c14-9-3-7(12(16)21)1-2-8(9)4-20-6-19-10-11(15)17-5-18-13(10)20/h1-3,5-6H,4H2,(H2,16,21)(H2,15,17,18). The van der Waals surface area contributed by atoms with Gasteiger partial charge >= 0.3 is 0 Å². The van der Waals surface area contributed by atoms with Gasteiger partial charge in [0.2, 0.25) is 0 Å². The molecular weight excluding hydrogens is 291 g/mol. The highest BCUT2D eigenvalue weighted by atomic mass is 32.1. The molecule has 3 rings (SSSR count). The van der Waals surface area contributed by atoms with Gasteiger partial charge in [-0.25, -0.2) is 19.3 Å². The minimum atomic E-state index is -0.385. The summed E-state index contributed by atoms with van der Waals surface area (Å²) in [6.45, 7) is 0.274. The Morgan fingerprint density at radius 3 is 2.81 bits per heavy atom. The zero-order chi connectivity index (χ0) is 15.0. The van der Waals surface area contributed by atoms with E-state index in [1.807, 2.05) is 0 Å². The molecule has 0 saturated carbocycles. The lowest BCUT2D eigenvalue weighted by atomic mass is 10.1. The number of aromatic nitrogens is 4. The topological polar surface area (TPSA) is 95.6 Å². The van der Waals surface area contributed by atoms with Gasteiger partial charge in [-0.05, 0) is 6.07 Å². The van der Waals surface area contributed by atoms with Crippen molar-refractivity contribution in [2.75, 3.05) is 5.73 Å². The zero-order valence-electron chi connectivity index (χ0n) is 10.8. The summed E-state index contributed by atoms with van der Waals surface area (Å²) < 4.78 is 15.8. The Bertz CT molecular complexity index is 844. The average molecular weight is 302 g/mol. The first-order valence-corrected chi connectivity index (χ1v) is 6.46. The molecule has 2 heterocycles. The molecule has 3 aromatic rings. The summed E-state index contributed by atoms with van der Waals surface area (Å²) in [4.78, 5) is 12.3. The third-order valence-electron chi connectivity index (χ3n) is 3.11. The first-order chi connectivity index (χ1) is 10.1. The van der Waals surface area contributed by atoms with Crippen LogP contribution in [0, 0.1) is 5.82 Å². The number of fused-ring (bicyclic) bond motifs is 1. The van der Waals surface area contributed by atoms with E-state index >= 15 is 0 Å². The number of anilines is 1. The number of benzene rings is 1. The van der Waals surface area contributed by atoms with E-state index in [0.29, 0.717) is 28.1 Å². The van der Waals surface area contributed by atoms with Crippen LogP contribution in [0.2, 0.25) is 0 Å². The number of rotatable bonds is 3. The maximum Gasteiger partial charge on any atom is 0.165 e. The lowest BCUT2D eigenvalue weighted by molar-refractivity contribution is 0.600. The number of thiocarbonyl (C=S) groups is 1. The van der Waals surface area contributed by atoms with Crippen LogP contribution >= 0.6 is 12.2 Å². The average Bonchev–Trinajstić information content (AvgIpc) is 2.85. The summed E-state index contributed by atoms with van der Waals surface area (Å²) in [7, 11) is 0. The normalized spacial score (nSPS) is 10.9. The number of nitrogen functional groups attached to an aromatic ring is 1. The molecule has 2 aromatic heterocycles. The van der Waals surface area contributed by atoms with Crippen LogP contribution in [0.25, 0.3) is 11.2 Å². The van der Waals surface area contributed by atoms with Gasteiger partial charge in [0, 0.05) is 11.1 Å². The minimum Gasteiger partial charge on any atom is -0.389 e. The molecule has 106 valence electrons. The molecule has 0 atom stereocenters. The van der Waals surface area contributed by atoms with Crippen LogP contribution in [0.5, 0.6) is 0 Å². The molecule has 0 spiro atoms. The number of nitrogens with zero attached hydrogens (tertiary/aromatic N) is 4. The van der Waals surface area contributed by atoms with Gasteiger partial charge in [-0.3, -0.25) is 0 Å². The number of halogens is 1. The van der Waals surface area contributed by atoms with Crippen LogP contribution < -0.4 is 11.5 Å². The number of nitrogens with two attached hydrogens (primary N) is 2. The highest BCUT2D eigenvalue weighted by Crippen LogP contribution is 2.17. The van der Waals surface area contributed by atoms with Crippen molar-refractivity contribution in [3.05, 3.63) is 47.8 Å². The summed E-state index contributed by atoms with van der Waals surface area (Å²) in [6, 6.07) is 4.64. The fourth-order valence-corrected chi connectivity index (χ4v) is 2.15. The minimum absolute atomic E-state index is 0.161. The van der Waals surface area contributed by atoms with Crippen molar-refractivity contribution in [2.45, 2.75) is 6.54 Å². The Kier molecular flexibility index (Phi) is 3.22. The molecule has 0 saturated heterocycles. The second kappa shape index (κ2) is 5.06. The molecular formula is C13H11FN6S. The van der Waals surface area contributed by atoms with E-state index < -0.39 is 0 Å². The first-order valence-electron chi connectivity index (χ1n) is 6.06. The van der Waals surface area contributed by atoms with Gasteiger partial charge in [0.05, 0.1) is 12.9 Å². The fraction of sp³-hybridized carbons (Fsp3) is 0.0769. The highest BCUT2D eigenvalue weighted by molar-refractivity contribution is 7.80. The summed E-state index contributed by atoms with van der Waals surface area (Å²) in [6.07, 6.45) is 2.90. The monoisotopic (exact) mass is 302 g/mol. The summed E-state index contributed by atoms with van der Waals surface area (Å²) in [5, 5.41) is 0. The molecule has 0 fully saturated rings. The van der Waals surface area contributed by atoms with Gasteiger partial charge in [0.15, 0.2) is 11.5 Å². The van der Waals surface area contributed by atoms with Crippen molar-refractivity contribution in [2.24, 2.45) is 5.73 Å². The largest absolute Gasteiger partial charge is 0.389 e. The Morgan fingerprint density at radius 1 is 1.29 bits per heavy atom. The lowest BCUT2D eigenvalue weighted by Gasteiger charge is -2.07. The fourth-order valence-electron chi connectivity index (χ4n) is 2.03. The Hall–Kier alpha value is -2.61. The van der Waals surface area contributed by atoms with Crippen molar-refractivity contribution >= 4 is 34.2 Å². The Labute approximate surface area is 124 Å². The molecule has 1 aromatic carbocycles. The molecule has 8 heteroatoms. The molecule has 0 aliphatic rings. The second-order valence-electron chi connectivity index (χ2n) is 4.47. The van der Waals surface area contributed by atoms with Gasteiger partial charge in [-0.1, -0.05) is 24.4 Å². The van der Waals surface area contributed by atoms with E-state index in [1.165, 1.54) is 12.4 Å². The molecule has 0 unspecified atom stereocenters. The maximum absolute atomic E-state index is 14.1. The summed E-state index contributed by atoms with van der Waals surface area (Å²) in [5.74, 6) is -0.0905. The quantitative estimate of drug-likeness (QED) is 0.707. The SMILES string of the molecule is NC(=S)c1ccc(Cn2cnc3c(N)ncnc32)c(F)c1. The van der Waals surface area contributed by atoms with E-state index in [9.17, 15) is 4.39 Å². The Balaban J connectivity index is 1.99. The molecule has 0 radical (unpaired) electrons. The third kappa shape index (κ3) is 2.40. The van der Waals surface area contributed by atoms with Crippen molar-refractivity contribution in [3.8, 4) is 0 Å². The van der Waals surface area contributed by atoms with Crippen LogP contribution in [0.15, 0.2) is 30.9 Å². The predicted octanol–water partition coefficient (Wildman–Crippen LogP) is 1.23. The molecule has 0 aliphatic carbocycles. The van der Waals surface area contributed by atoms with Crippen LogP contribution in [-0.2, 0) is 6.54 Å². The van der Waals surface area contributed by atoms with E-state index in [1.54, 1.807) is 23.0 Å². The van der Waals surface area contributed by atoms with Gasteiger partial charge in [-0.15, -0.1) is 0 Å². The molecule has 0 amide bonds. The van der Waals surface area contributed by atoms with E-state index in [4.69, 9.17) is 23.7 Å². The van der Waals surface area contributed by atoms with Crippen LogP contribution in [0.4, 0.5) is 10.2 Å². The van der Waals surface area contributed by atoms with Crippen LogP contribution in [0.3, 0.4) is 0 Å². The number of imidazole rings is 1. The van der Waals surface area contributed by atoms with Gasteiger partial charge < -0.3 is 16.0 Å². The molecule has 21 heavy (non-hydrogen) atoms. The zero-order valence-corrected chi connectivity index (χ0v) is 11.6. The number of hydrogen-bond acceptors (Lipinski definition) is 5. The van der Waals surface area contributed by atoms with Crippen molar-refractivity contribution in [3.63, 3.8) is 0 Å². The predicted molar refractivity (Wildman–Crippen MR) is 81.1 cm³/mol. The van der Waals surface area contributed by atoms with Gasteiger partial charge in [-0.2, -0.15) is 0 Å². The molecule has 0 aliphatic heterocycles. The van der Waals surface area contributed by atoms with E-state index in [2.05, 4.69) is 15.0 Å². The summed E-state index contributed by atoms with van der Waals surface area (Å²) in [5.41, 5.74) is 13.2. The number of hydrogen-bond donors (Lipinski definition) is 2. The lowest BCUT2D eigenvalue weighted by Crippen LogP contribution is -2.10. The van der Waals surface area contributed by atoms with Gasteiger partial charge in [0.1, 0.15) is 22.6 Å². The summed E-state index contributed by atoms with van der Waals surface area (Å²) >= 11 is 4.82. The molecule has 0 bridgehead atoms. The third-order valence-corrected chi connectivity index (χ3v) is 3.34. The molecule has 6 nitrogen and oxygen atoms in total.